The molecule has 2 aromatic rings. The van der Waals surface area contributed by atoms with Crippen LogP contribution in [0.4, 0.5) is 5.69 Å². The van der Waals surface area contributed by atoms with Gasteiger partial charge in [0.2, 0.25) is 5.91 Å². The van der Waals surface area contributed by atoms with Gasteiger partial charge in [0.25, 0.3) is 5.91 Å². The second-order valence-corrected chi connectivity index (χ2v) is 4.68. The maximum absolute atomic E-state index is 11.1. The van der Waals surface area contributed by atoms with Crippen molar-refractivity contribution in [2.45, 2.75) is 6.54 Å². The van der Waals surface area contributed by atoms with Crippen molar-refractivity contribution in [2.75, 3.05) is 11.9 Å². The van der Waals surface area contributed by atoms with Gasteiger partial charge in [-0.2, -0.15) is 0 Å². The number of hydrogen-bond acceptors (Lipinski definition) is 4. The standard InChI is InChI=1S/C15H16N4O2/c1-19(12-6-7-18-13(8-12)15(17)21)9-10-2-4-11(5-3-10)14(16)20/h2-8H,9H2,1H3,(H2,16,20)(H2,17,21). The maximum Gasteiger partial charge on any atom is 0.267 e. The highest BCUT2D eigenvalue weighted by Gasteiger charge is 2.07. The predicted molar refractivity (Wildman–Crippen MR) is 79.8 cm³/mol. The number of anilines is 1. The van der Waals surface area contributed by atoms with Crippen LogP contribution in [0.5, 0.6) is 0 Å². The molecule has 1 aromatic heterocycles. The van der Waals surface area contributed by atoms with Crippen LogP contribution in [0, 0.1) is 0 Å². The van der Waals surface area contributed by atoms with Crippen LogP contribution in [-0.2, 0) is 6.54 Å². The average molecular weight is 284 g/mol. The van der Waals surface area contributed by atoms with Gasteiger partial charge in [0.1, 0.15) is 5.69 Å². The molecule has 0 unspecified atom stereocenters. The number of hydrogen-bond donors (Lipinski definition) is 2. The largest absolute Gasteiger partial charge is 0.370 e. The van der Waals surface area contributed by atoms with Gasteiger partial charge in [-0.1, -0.05) is 12.1 Å². The van der Waals surface area contributed by atoms with Crippen molar-refractivity contribution < 1.29 is 9.59 Å². The number of primary amides is 2. The smallest absolute Gasteiger partial charge is 0.267 e. The summed E-state index contributed by atoms with van der Waals surface area (Å²) in [5.41, 5.74) is 13.0. The van der Waals surface area contributed by atoms with Crippen LogP contribution in [0.3, 0.4) is 0 Å². The summed E-state index contributed by atoms with van der Waals surface area (Å²) in [5, 5.41) is 0. The molecule has 0 aliphatic rings. The molecule has 0 atom stereocenters. The molecule has 4 N–H and O–H groups in total. The lowest BCUT2D eigenvalue weighted by Crippen LogP contribution is -2.19. The minimum Gasteiger partial charge on any atom is -0.370 e. The number of carbonyl (C=O) groups is 2. The van der Waals surface area contributed by atoms with Gasteiger partial charge in [-0.15, -0.1) is 0 Å². The zero-order valence-electron chi connectivity index (χ0n) is 11.6. The van der Waals surface area contributed by atoms with Gasteiger partial charge in [0, 0.05) is 31.0 Å². The molecule has 6 heteroatoms. The lowest BCUT2D eigenvalue weighted by molar-refractivity contribution is 0.0989. The van der Waals surface area contributed by atoms with E-state index in [1.165, 1.54) is 0 Å². The SMILES string of the molecule is CN(Cc1ccc(C(N)=O)cc1)c1ccnc(C(N)=O)c1. The summed E-state index contributed by atoms with van der Waals surface area (Å²) in [6, 6.07) is 10.5. The first kappa shape index (κ1) is 14.5. The lowest BCUT2D eigenvalue weighted by atomic mass is 10.1. The summed E-state index contributed by atoms with van der Waals surface area (Å²) in [4.78, 5) is 28.0. The Morgan fingerprint density at radius 3 is 2.33 bits per heavy atom. The zero-order valence-corrected chi connectivity index (χ0v) is 11.6. The molecule has 6 nitrogen and oxygen atoms in total. The fourth-order valence-electron chi connectivity index (χ4n) is 1.93. The van der Waals surface area contributed by atoms with E-state index in [0.29, 0.717) is 12.1 Å². The van der Waals surface area contributed by atoms with E-state index in [1.54, 1.807) is 30.5 Å². The van der Waals surface area contributed by atoms with Crippen LogP contribution in [0.25, 0.3) is 0 Å². The topological polar surface area (TPSA) is 102 Å². The van der Waals surface area contributed by atoms with E-state index in [-0.39, 0.29) is 5.69 Å². The zero-order chi connectivity index (χ0) is 15.4. The Kier molecular flexibility index (Phi) is 4.18. The van der Waals surface area contributed by atoms with E-state index < -0.39 is 11.8 Å². The van der Waals surface area contributed by atoms with Gasteiger partial charge in [-0.05, 0) is 29.8 Å². The molecule has 1 aromatic carbocycles. The Balaban J connectivity index is 2.13. The van der Waals surface area contributed by atoms with Gasteiger partial charge in [0.15, 0.2) is 0 Å². The summed E-state index contributed by atoms with van der Waals surface area (Å²) < 4.78 is 0. The maximum atomic E-state index is 11.1. The summed E-state index contributed by atoms with van der Waals surface area (Å²) in [7, 11) is 1.89. The molecule has 0 saturated carbocycles. The Labute approximate surface area is 122 Å². The molecule has 0 aliphatic heterocycles. The molecular formula is C15H16N4O2. The van der Waals surface area contributed by atoms with Crippen LogP contribution in [0.2, 0.25) is 0 Å². The van der Waals surface area contributed by atoms with E-state index in [9.17, 15) is 9.59 Å². The summed E-state index contributed by atoms with van der Waals surface area (Å²) in [5.74, 6) is -1.01. The van der Waals surface area contributed by atoms with Crippen molar-refractivity contribution in [3.63, 3.8) is 0 Å². The van der Waals surface area contributed by atoms with Crippen LogP contribution < -0.4 is 16.4 Å². The van der Waals surface area contributed by atoms with Crippen molar-refractivity contribution in [1.29, 1.82) is 0 Å². The van der Waals surface area contributed by atoms with Gasteiger partial charge in [0.05, 0.1) is 0 Å². The molecule has 2 amide bonds. The number of nitrogens with zero attached hydrogens (tertiary/aromatic N) is 2. The first-order chi connectivity index (χ1) is 9.97. The first-order valence-corrected chi connectivity index (χ1v) is 6.33. The number of rotatable bonds is 5. The molecule has 108 valence electrons. The minimum atomic E-state index is -0.559. The average Bonchev–Trinajstić information content (AvgIpc) is 2.48. The second kappa shape index (κ2) is 6.04. The van der Waals surface area contributed by atoms with E-state index >= 15 is 0 Å². The van der Waals surface area contributed by atoms with E-state index in [0.717, 1.165) is 11.3 Å². The van der Waals surface area contributed by atoms with Crippen molar-refractivity contribution >= 4 is 17.5 Å². The molecule has 0 saturated heterocycles. The third-order valence-electron chi connectivity index (χ3n) is 3.09. The minimum absolute atomic E-state index is 0.225. The molecular weight excluding hydrogens is 268 g/mol. The number of benzene rings is 1. The first-order valence-electron chi connectivity index (χ1n) is 6.33. The second-order valence-electron chi connectivity index (χ2n) is 4.68. The molecule has 21 heavy (non-hydrogen) atoms. The molecule has 1 heterocycles. The normalized spacial score (nSPS) is 10.1. The Hall–Kier alpha value is -2.89. The van der Waals surface area contributed by atoms with Gasteiger partial charge in [-0.3, -0.25) is 14.6 Å². The highest BCUT2D eigenvalue weighted by Crippen LogP contribution is 2.16. The van der Waals surface area contributed by atoms with Crippen molar-refractivity contribution in [2.24, 2.45) is 11.5 Å². The monoisotopic (exact) mass is 284 g/mol. The van der Waals surface area contributed by atoms with Crippen LogP contribution in [0.15, 0.2) is 42.6 Å². The molecule has 0 radical (unpaired) electrons. The molecule has 0 aliphatic carbocycles. The summed E-state index contributed by atoms with van der Waals surface area (Å²) in [6.45, 7) is 0.612. The van der Waals surface area contributed by atoms with Crippen LogP contribution >= 0.6 is 0 Å². The van der Waals surface area contributed by atoms with E-state index in [4.69, 9.17) is 11.5 Å². The Bertz CT molecular complexity index is 668. The van der Waals surface area contributed by atoms with Gasteiger partial charge in [-0.25, -0.2) is 0 Å². The Morgan fingerprint density at radius 1 is 1.10 bits per heavy atom. The summed E-state index contributed by atoms with van der Waals surface area (Å²) >= 11 is 0. The molecule has 0 bridgehead atoms. The third-order valence-corrected chi connectivity index (χ3v) is 3.09. The van der Waals surface area contributed by atoms with Crippen LogP contribution in [-0.4, -0.2) is 23.8 Å². The van der Waals surface area contributed by atoms with E-state index in [2.05, 4.69) is 4.98 Å². The number of nitrogens with two attached hydrogens (primary N) is 2. The number of amides is 2. The number of pyridine rings is 1. The highest BCUT2D eigenvalue weighted by molar-refractivity contribution is 5.92. The van der Waals surface area contributed by atoms with Crippen LogP contribution in [0.1, 0.15) is 26.4 Å². The summed E-state index contributed by atoms with van der Waals surface area (Å²) in [6.07, 6.45) is 1.54. The number of aromatic nitrogens is 1. The fourth-order valence-corrected chi connectivity index (χ4v) is 1.93. The fraction of sp³-hybridized carbons (Fsp3) is 0.133. The number of carbonyl (C=O) groups excluding carboxylic acids is 2. The predicted octanol–water partition coefficient (Wildman–Crippen LogP) is 0.916. The molecule has 0 fully saturated rings. The van der Waals surface area contributed by atoms with Gasteiger partial charge >= 0.3 is 0 Å². The highest BCUT2D eigenvalue weighted by atomic mass is 16.1. The van der Waals surface area contributed by atoms with Crippen molar-refractivity contribution in [1.82, 2.24) is 4.98 Å². The molecule has 0 spiro atoms. The van der Waals surface area contributed by atoms with Crippen molar-refractivity contribution in [3.8, 4) is 0 Å². The molecule has 2 rings (SSSR count). The van der Waals surface area contributed by atoms with Gasteiger partial charge < -0.3 is 16.4 Å². The lowest BCUT2D eigenvalue weighted by Gasteiger charge is -2.19. The third kappa shape index (κ3) is 3.56. The Morgan fingerprint density at radius 2 is 1.76 bits per heavy atom. The van der Waals surface area contributed by atoms with Crippen molar-refractivity contribution in [3.05, 3.63) is 59.4 Å². The van der Waals surface area contributed by atoms with E-state index in [1.807, 2.05) is 24.1 Å². The quantitative estimate of drug-likeness (QED) is 0.852.